The van der Waals surface area contributed by atoms with Crippen molar-refractivity contribution in [2.45, 2.75) is 52.9 Å². The predicted octanol–water partition coefficient (Wildman–Crippen LogP) is 6.85. The van der Waals surface area contributed by atoms with Crippen molar-refractivity contribution < 1.29 is 13.5 Å². The predicted molar refractivity (Wildman–Crippen MR) is 99.3 cm³/mol. The Kier molecular flexibility index (Phi) is 11.5. The standard InChI is InChI=1S/C18H22F2O.C3H8/c1-5-6-15-9-11-16(12-10-15)8-7-13(2)17(19)18(20)14(3)21-4;1-3-2/h9-12H,2-3,5-8H2,1,4H3;3H2,1-2H3/b18-17-;. The highest BCUT2D eigenvalue weighted by molar-refractivity contribution is 5.33. The van der Waals surface area contributed by atoms with Gasteiger partial charge in [-0.3, -0.25) is 0 Å². The van der Waals surface area contributed by atoms with E-state index in [1.54, 1.807) is 0 Å². The van der Waals surface area contributed by atoms with Crippen molar-refractivity contribution in [3.05, 3.63) is 71.5 Å². The van der Waals surface area contributed by atoms with Gasteiger partial charge in [0.25, 0.3) is 0 Å². The van der Waals surface area contributed by atoms with Crippen molar-refractivity contribution in [2.24, 2.45) is 0 Å². The monoisotopic (exact) mass is 336 g/mol. The Morgan fingerprint density at radius 1 is 0.917 bits per heavy atom. The number of benzene rings is 1. The van der Waals surface area contributed by atoms with Gasteiger partial charge in [0.05, 0.1) is 7.11 Å². The molecule has 0 N–H and O–H groups in total. The van der Waals surface area contributed by atoms with E-state index in [9.17, 15) is 8.78 Å². The van der Waals surface area contributed by atoms with E-state index in [4.69, 9.17) is 0 Å². The van der Waals surface area contributed by atoms with Crippen LogP contribution < -0.4 is 0 Å². The third kappa shape index (κ3) is 8.09. The fraction of sp³-hybridized carbons (Fsp3) is 0.429. The second-order valence-electron chi connectivity index (χ2n) is 5.63. The Hall–Kier alpha value is -1.90. The second kappa shape index (κ2) is 12.5. The molecule has 1 rings (SSSR count). The van der Waals surface area contributed by atoms with Gasteiger partial charge in [-0.2, -0.15) is 4.39 Å². The second-order valence-corrected chi connectivity index (χ2v) is 5.63. The van der Waals surface area contributed by atoms with Crippen molar-refractivity contribution in [3.8, 4) is 0 Å². The number of allylic oxidation sites excluding steroid dienone is 3. The minimum absolute atomic E-state index is 0.114. The molecule has 1 nitrogen and oxygen atoms in total. The van der Waals surface area contributed by atoms with E-state index in [0.29, 0.717) is 12.8 Å². The third-order valence-corrected chi connectivity index (χ3v) is 3.27. The number of hydrogen-bond acceptors (Lipinski definition) is 1. The summed E-state index contributed by atoms with van der Waals surface area (Å²) in [5.74, 6) is -2.39. The number of aryl methyl sites for hydroxylation is 2. The first-order chi connectivity index (χ1) is 11.4. The van der Waals surface area contributed by atoms with Crippen LogP contribution in [0.25, 0.3) is 0 Å². The fourth-order valence-corrected chi connectivity index (χ4v) is 1.93. The van der Waals surface area contributed by atoms with Crippen LogP contribution in [0.1, 0.15) is 51.2 Å². The molecule has 3 heteroatoms. The summed E-state index contributed by atoms with van der Waals surface area (Å²) in [6.07, 6.45) is 4.37. The van der Waals surface area contributed by atoms with E-state index in [0.717, 1.165) is 18.4 Å². The van der Waals surface area contributed by atoms with Crippen LogP contribution in [0.5, 0.6) is 0 Å². The average molecular weight is 336 g/mol. The van der Waals surface area contributed by atoms with Gasteiger partial charge in [0.15, 0.2) is 11.7 Å². The third-order valence-electron chi connectivity index (χ3n) is 3.27. The Morgan fingerprint density at radius 2 is 1.38 bits per heavy atom. The van der Waals surface area contributed by atoms with Crippen molar-refractivity contribution in [2.75, 3.05) is 7.11 Å². The van der Waals surface area contributed by atoms with Gasteiger partial charge in [-0.05, 0) is 36.0 Å². The van der Waals surface area contributed by atoms with Gasteiger partial charge in [-0.1, -0.05) is 71.0 Å². The first-order valence-corrected chi connectivity index (χ1v) is 8.45. The van der Waals surface area contributed by atoms with E-state index in [2.05, 4.69) is 50.8 Å². The van der Waals surface area contributed by atoms with Crippen LogP contribution >= 0.6 is 0 Å². The molecule has 0 aromatic heterocycles. The zero-order valence-electron chi connectivity index (χ0n) is 15.4. The number of hydrogen-bond donors (Lipinski definition) is 0. The summed E-state index contributed by atoms with van der Waals surface area (Å²) in [6.45, 7) is 13.3. The maximum Gasteiger partial charge on any atom is 0.200 e. The van der Waals surface area contributed by atoms with E-state index < -0.39 is 11.7 Å². The van der Waals surface area contributed by atoms with E-state index in [1.165, 1.54) is 19.1 Å². The van der Waals surface area contributed by atoms with Gasteiger partial charge in [0.1, 0.15) is 5.76 Å². The average Bonchev–Trinajstić information content (AvgIpc) is 2.59. The van der Waals surface area contributed by atoms with Gasteiger partial charge in [0, 0.05) is 0 Å². The van der Waals surface area contributed by atoms with Gasteiger partial charge in [-0.25, -0.2) is 4.39 Å². The smallest absolute Gasteiger partial charge is 0.200 e. The summed E-state index contributed by atoms with van der Waals surface area (Å²) < 4.78 is 31.9. The molecule has 0 amide bonds. The number of methoxy groups -OCH3 is 1. The molecule has 134 valence electrons. The molecule has 0 unspecified atom stereocenters. The number of rotatable bonds is 8. The van der Waals surface area contributed by atoms with E-state index in [1.807, 2.05) is 12.1 Å². The summed E-state index contributed by atoms with van der Waals surface area (Å²) in [6, 6.07) is 8.18. The number of halogens is 2. The normalized spacial score (nSPS) is 11.1. The minimum Gasteiger partial charge on any atom is -0.494 e. The maximum absolute atomic E-state index is 13.8. The molecular formula is C21H30F2O. The van der Waals surface area contributed by atoms with Crippen molar-refractivity contribution >= 4 is 0 Å². The van der Waals surface area contributed by atoms with Crippen LogP contribution in [0.3, 0.4) is 0 Å². The zero-order chi connectivity index (χ0) is 18.5. The quantitative estimate of drug-likeness (QED) is 0.372. The Balaban J connectivity index is 0.00000163. The molecule has 0 heterocycles. The molecule has 0 radical (unpaired) electrons. The van der Waals surface area contributed by atoms with Gasteiger partial charge in [-0.15, -0.1) is 0 Å². The van der Waals surface area contributed by atoms with Crippen LogP contribution in [0.15, 0.2) is 60.4 Å². The molecule has 0 saturated heterocycles. The molecule has 0 aliphatic carbocycles. The van der Waals surface area contributed by atoms with Crippen LogP contribution in [0.4, 0.5) is 8.78 Å². The summed E-state index contributed by atoms with van der Waals surface area (Å²) >= 11 is 0. The Bertz CT molecular complexity index is 541. The summed E-state index contributed by atoms with van der Waals surface area (Å²) in [5, 5.41) is 0. The van der Waals surface area contributed by atoms with Crippen LogP contribution in [0, 0.1) is 0 Å². The molecule has 0 spiro atoms. The molecule has 1 aromatic carbocycles. The van der Waals surface area contributed by atoms with Gasteiger partial charge < -0.3 is 4.74 Å². The molecular weight excluding hydrogens is 306 g/mol. The molecule has 1 aromatic rings. The Labute approximate surface area is 145 Å². The lowest BCUT2D eigenvalue weighted by molar-refractivity contribution is 0.280. The van der Waals surface area contributed by atoms with E-state index >= 15 is 0 Å². The number of ether oxygens (including phenoxy) is 1. The topological polar surface area (TPSA) is 9.23 Å². The van der Waals surface area contributed by atoms with Crippen LogP contribution in [-0.2, 0) is 17.6 Å². The van der Waals surface area contributed by atoms with Crippen LogP contribution in [-0.4, -0.2) is 7.11 Å². The first-order valence-electron chi connectivity index (χ1n) is 8.45. The van der Waals surface area contributed by atoms with E-state index in [-0.39, 0.29) is 11.3 Å². The summed E-state index contributed by atoms with van der Waals surface area (Å²) in [4.78, 5) is 0. The summed E-state index contributed by atoms with van der Waals surface area (Å²) in [5.41, 5.74) is 2.48. The highest BCUT2D eigenvalue weighted by Gasteiger charge is 2.13. The lowest BCUT2D eigenvalue weighted by Crippen LogP contribution is -1.94. The molecule has 0 fully saturated rings. The fourth-order valence-electron chi connectivity index (χ4n) is 1.93. The SMILES string of the molecule is C=C(CCc1ccc(CCC)cc1)/C(F)=C(/F)C(=C)OC.CCC. The molecule has 0 saturated carbocycles. The Morgan fingerprint density at radius 3 is 1.79 bits per heavy atom. The summed E-state index contributed by atoms with van der Waals surface area (Å²) in [7, 11) is 1.25. The van der Waals surface area contributed by atoms with Crippen molar-refractivity contribution in [1.82, 2.24) is 0 Å². The zero-order valence-corrected chi connectivity index (χ0v) is 15.4. The molecule has 0 atom stereocenters. The lowest BCUT2D eigenvalue weighted by Gasteiger charge is -2.07. The molecule has 0 aliphatic heterocycles. The highest BCUT2D eigenvalue weighted by Crippen LogP contribution is 2.25. The lowest BCUT2D eigenvalue weighted by atomic mass is 10.0. The minimum atomic E-state index is -1.08. The van der Waals surface area contributed by atoms with Crippen LogP contribution in [0.2, 0.25) is 0 Å². The van der Waals surface area contributed by atoms with Crippen molar-refractivity contribution in [3.63, 3.8) is 0 Å². The van der Waals surface area contributed by atoms with Gasteiger partial charge >= 0.3 is 0 Å². The highest BCUT2D eigenvalue weighted by atomic mass is 19.2. The molecule has 0 bridgehead atoms. The largest absolute Gasteiger partial charge is 0.494 e. The van der Waals surface area contributed by atoms with Gasteiger partial charge in [0.2, 0.25) is 0 Å². The molecule has 24 heavy (non-hydrogen) atoms. The molecule has 0 aliphatic rings. The maximum atomic E-state index is 13.8. The van der Waals surface area contributed by atoms with Crippen molar-refractivity contribution in [1.29, 1.82) is 0 Å². The first kappa shape index (κ1) is 22.1.